The molecule has 0 aliphatic carbocycles. The average Bonchev–Trinajstić information content (AvgIpc) is 3.12. The van der Waals surface area contributed by atoms with Crippen molar-refractivity contribution >= 4 is 16.8 Å². The van der Waals surface area contributed by atoms with Gasteiger partial charge in [0.2, 0.25) is 11.8 Å². The summed E-state index contributed by atoms with van der Waals surface area (Å²) in [5, 5.41) is 17.0. The van der Waals surface area contributed by atoms with Gasteiger partial charge in [-0.3, -0.25) is 14.5 Å². The van der Waals surface area contributed by atoms with Crippen LogP contribution in [-0.2, 0) is 17.8 Å². The fourth-order valence-corrected chi connectivity index (χ4v) is 3.10. The summed E-state index contributed by atoms with van der Waals surface area (Å²) in [6.07, 6.45) is -0.367. The smallest absolute Gasteiger partial charge is 0.392 e. The molecule has 172 valence electrons. The number of carbonyl (C=O) groups excluding carboxylic acids is 1. The van der Waals surface area contributed by atoms with Crippen molar-refractivity contribution in [3.8, 4) is 5.88 Å². The van der Waals surface area contributed by atoms with E-state index in [1.54, 1.807) is 43.1 Å². The number of aromatic nitrogens is 4. The Bertz CT molecular complexity index is 1080. The number of hydrogen-bond acceptors (Lipinski definition) is 6. The summed E-state index contributed by atoms with van der Waals surface area (Å²) < 4.78 is 43.7. The molecule has 0 saturated carbocycles. The average molecular weight is 451 g/mol. The molecule has 3 aromatic heterocycles. The van der Waals surface area contributed by atoms with Crippen LogP contribution >= 0.6 is 0 Å². The minimum atomic E-state index is -4.28. The maximum absolute atomic E-state index is 12.3. The van der Waals surface area contributed by atoms with Crippen LogP contribution in [0.25, 0.3) is 10.9 Å². The maximum Gasteiger partial charge on any atom is 0.392 e. The van der Waals surface area contributed by atoms with Crippen molar-refractivity contribution in [3.63, 3.8) is 0 Å². The van der Waals surface area contributed by atoms with Crippen LogP contribution in [0.5, 0.6) is 5.88 Å². The highest BCUT2D eigenvalue weighted by atomic mass is 19.4. The van der Waals surface area contributed by atoms with E-state index in [2.05, 4.69) is 20.4 Å². The monoisotopic (exact) mass is 451 g/mol. The zero-order chi connectivity index (χ0) is 23.3. The van der Waals surface area contributed by atoms with Crippen molar-refractivity contribution in [3.05, 3.63) is 47.5 Å². The first-order valence-electron chi connectivity index (χ1n) is 10.0. The van der Waals surface area contributed by atoms with Gasteiger partial charge in [0.25, 0.3) is 0 Å². The van der Waals surface area contributed by atoms with Crippen molar-refractivity contribution in [2.45, 2.75) is 45.5 Å². The molecule has 0 aromatic carbocycles. The second-order valence-electron chi connectivity index (χ2n) is 7.52. The minimum absolute atomic E-state index is 0.0536. The van der Waals surface area contributed by atoms with Crippen LogP contribution in [0.4, 0.5) is 13.2 Å². The van der Waals surface area contributed by atoms with E-state index in [1.165, 1.54) is 6.20 Å². The molecular weight excluding hydrogens is 427 g/mol. The standard InChI is InChI=1S/C21H24F3N5O3/c1-13-7-15(9-26-20(13)32-6-4-21(22,23)24)10-29-11-16-17(28-29)3-5-25-18(16)8-19(31)27-14(2)12-30/h3,5,7,9,11,14,30H,4,6,8,10,12H2,1-2H3,(H,27,31)/t14-/m0/s1. The van der Waals surface area contributed by atoms with E-state index < -0.39 is 19.2 Å². The number of nitrogens with one attached hydrogen (secondary N) is 1. The SMILES string of the molecule is Cc1cc(Cn2cc3c(CC(=O)N[C@@H](C)CO)nccc3n2)cnc1OCCC(F)(F)F. The van der Waals surface area contributed by atoms with E-state index >= 15 is 0 Å². The van der Waals surface area contributed by atoms with E-state index in [9.17, 15) is 18.0 Å². The third-order valence-electron chi connectivity index (χ3n) is 4.63. The number of aliphatic hydroxyl groups excluding tert-OH is 1. The van der Waals surface area contributed by atoms with Gasteiger partial charge in [-0.2, -0.15) is 18.3 Å². The number of carbonyl (C=O) groups is 1. The van der Waals surface area contributed by atoms with Gasteiger partial charge in [-0.15, -0.1) is 0 Å². The molecule has 1 atom stereocenters. The summed E-state index contributed by atoms with van der Waals surface area (Å²) in [5.74, 6) is -0.0848. The first-order chi connectivity index (χ1) is 15.1. The molecule has 0 aliphatic heterocycles. The number of nitrogens with zero attached hydrogens (tertiary/aromatic N) is 4. The third-order valence-corrected chi connectivity index (χ3v) is 4.63. The topological polar surface area (TPSA) is 102 Å². The number of hydrogen-bond donors (Lipinski definition) is 2. The third kappa shape index (κ3) is 6.39. The van der Waals surface area contributed by atoms with Crippen LogP contribution in [0, 0.1) is 6.92 Å². The van der Waals surface area contributed by atoms with Crippen molar-refractivity contribution < 1.29 is 27.8 Å². The fraction of sp³-hybridized carbons (Fsp3) is 0.429. The molecular formula is C21H24F3N5O3. The van der Waals surface area contributed by atoms with Crippen molar-refractivity contribution in [2.75, 3.05) is 13.2 Å². The van der Waals surface area contributed by atoms with Gasteiger partial charge in [0.05, 0.1) is 43.8 Å². The lowest BCUT2D eigenvalue weighted by Crippen LogP contribution is -2.36. The first-order valence-corrected chi connectivity index (χ1v) is 10.0. The quantitative estimate of drug-likeness (QED) is 0.519. The number of ether oxygens (including phenoxy) is 1. The predicted octanol–water partition coefficient (Wildman–Crippen LogP) is 2.55. The summed E-state index contributed by atoms with van der Waals surface area (Å²) >= 11 is 0. The summed E-state index contributed by atoms with van der Waals surface area (Å²) in [6, 6.07) is 3.18. The van der Waals surface area contributed by atoms with E-state index in [0.717, 1.165) is 10.9 Å². The van der Waals surface area contributed by atoms with Gasteiger partial charge >= 0.3 is 6.18 Å². The van der Waals surface area contributed by atoms with Crippen LogP contribution < -0.4 is 10.1 Å². The first kappa shape index (κ1) is 23.5. The molecule has 3 rings (SSSR count). The van der Waals surface area contributed by atoms with E-state index in [1.807, 2.05) is 0 Å². The van der Waals surface area contributed by atoms with E-state index in [-0.39, 0.29) is 30.9 Å². The molecule has 0 spiro atoms. The Morgan fingerprint density at radius 1 is 1.34 bits per heavy atom. The van der Waals surface area contributed by atoms with Crippen molar-refractivity contribution in [2.24, 2.45) is 0 Å². The molecule has 0 bridgehead atoms. The number of aryl methyl sites for hydroxylation is 1. The highest BCUT2D eigenvalue weighted by Gasteiger charge is 2.27. The second-order valence-corrected chi connectivity index (χ2v) is 7.52. The normalized spacial score (nSPS) is 12.7. The van der Waals surface area contributed by atoms with Crippen molar-refractivity contribution in [1.29, 1.82) is 0 Å². The fourth-order valence-electron chi connectivity index (χ4n) is 3.10. The summed E-state index contributed by atoms with van der Waals surface area (Å²) in [5.41, 5.74) is 2.66. The Morgan fingerprint density at radius 3 is 2.81 bits per heavy atom. The van der Waals surface area contributed by atoms with Crippen LogP contribution in [-0.4, -0.2) is 56.2 Å². The summed E-state index contributed by atoms with van der Waals surface area (Å²) in [4.78, 5) is 20.6. The Kier molecular flexibility index (Phi) is 7.29. The Labute approximate surface area is 182 Å². The van der Waals surface area contributed by atoms with Gasteiger partial charge in [0.1, 0.15) is 0 Å². The molecule has 3 aromatic rings. The van der Waals surface area contributed by atoms with Gasteiger partial charge < -0.3 is 15.2 Å². The van der Waals surface area contributed by atoms with Gasteiger partial charge in [0.15, 0.2) is 0 Å². The van der Waals surface area contributed by atoms with Gasteiger partial charge in [-0.05, 0) is 31.5 Å². The van der Waals surface area contributed by atoms with Crippen LogP contribution in [0.2, 0.25) is 0 Å². The Hall–Kier alpha value is -3.21. The number of amides is 1. The molecule has 3 heterocycles. The number of rotatable bonds is 9. The molecule has 2 N–H and O–H groups in total. The zero-order valence-electron chi connectivity index (χ0n) is 17.7. The molecule has 11 heteroatoms. The van der Waals surface area contributed by atoms with E-state index in [4.69, 9.17) is 9.84 Å². The number of halogens is 3. The molecule has 1 amide bonds. The van der Waals surface area contributed by atoms with Crippen LogP contribution in [0.15, 0.2) is 30.7 Å². The van der Waals surface area contributed by atoms with Crippen LogP contribution in [0.3, 0.4) is 0 Å². The second kappa shape index (κ2) is 9.94. The van der Waals surface area contributed by atoms with Crippen molar-refractivity contribution in [1.82, 2.24) is 25.1 Å². The highest BCUT2D eigenvalue weighted by Crippen LogP contribution is 2.22. The molecule has 0 saturated heterocycles. The highest BCUT2D eigenvalue weighted by molar-refractivity contribution is 5.86. The van der Waals surface area contributed by atoms with Gasteiger partial charge in [0, 0.05) is 35.6 Å². The zero-order valence-corrected chi connectivity index (χ0v) is 17.7. The lowest BCUT2D eigenvalue weighted by Gasteiger charge is -2.11. The predicted molar refractivity (Wildman–Crippen MR) is 110 cm³/mol. The Morgan fingerprint density at radius 2 is 2.12 bits per heavy atom. The maximum atomic E-state index is 12.3. The summed E-state index contributed by atoms with van der Waals surface area (Å²) in [7, 11) is 0. The summed E-state index contributed by atoms with van der Waals surface area (Å²) in [6.45, 7) is 3.15. The molecule has 32 heavy (non-hydrogen) atoms. The number of pyridine rings is 2. The molecule has 0 radical (unpaired) electrons. The van der Waals surface area contributed by atoms with Crippen LogP contribution in [0.1, 0.15) is 30.2 Å². The lowest BCUT2D eigenvalue weighted by molar-refractivity contribution is -0.139. The van der Waals surface area contributed by atoms with Gasteiger partial charge in [-0.25, -0.2) is 4.98 Å². The Balaban J connectivity index is 1.70. The molecule has 0 aliphatic rings. The largest absolute Gasteiger partial charge is 0.477 e. The van der Waals surface area contributed by atoms with E-state index in [0.29, 0.717) is 23.3 Å². The minimum Gasteiger partial charge on any atom is -0.477 e. The van der Waals surface area contributed by atoms with Gasteiger partial charge in [-0.1, -0.05) is 0 Å². The molecule has 0 unspecified atom stereocenters. The molecule has 0 fully saturated rings. The number of aliphatic hydroxyl groups is 1. The number of fused-ring (bicyclic) bond motifs is 1. The number of alkyl halides is 3. The molecule has 8 nitrogen and oxygen atoms in total. The lowest BCUT2D eigenvalue weighted by atomic mass is 10.2.